The average molecular weight is 771 g/mol. The van der Waals surface area contributed by atoms with Gasteiger partial charge in [0.05, 0.1) is 6.42 Å². The summed E-state index contributed by atoms with van der Waals surface area (Å²) in [7, 11) is 0. The van der Waals surface area contributed by atoms with Crippen molar-refractivity contribution in [1.82, 2.24) is 10.6 Å². The molecule has 0 fully saturated rings. The lowest BCUT2D eigenvalue weighted by Crippen LogP contribution is -2.30. The molecule has 55 heavy (non-hydrogen) atoms. The van der Waals surface area contributed by atoms with E-state index in [-0.39, 0.29) is 44.4 Å². The van der Waals surface area contributed by atoms with Crippen molar-refractivity contribution in [2.45, 2.75) is 213 Å². The van der Waals surface area contributed by atoms with Crippen LogP contribution in [0.3, 0.4) is 0 Å². The molecule has 0 spiro atoms. The summed E-state index contributed by atoms with van der Waals surface area (Å²) in [5, 5.41) is 5.04. The molecule has 0 saturated carbocycles. The maximum atomic E-state index is 12.1. The Hall–Kier alpha value is -3.36. The summed E-state index contributed by atoms with van der Waals surface area (Å²) < 4.78 is 15.9. The zero-order chi connectivity index (χ0) is 39.9. The Morgan fingerprint density at radius 2 is 0.909 bits per heavy atom. The number of rotatable bonds is 37. The predicted octanol–water partition coefficient (Wildman–Crippen LogP) is 12.7. The smallest absolute Gasteiger partial charge is 0.414 e. The Balaban J connectivity index is 1.97. The van der Waals surface area contributed by atoms with E-state index in [4.69, 9.17) is 13.9 Å². The van der Waals surface area contributed by atoms with Gasteiger partial charge in [0.2, 0.25) is 11.8 Å². The van der Waals surface area contributed by atoms with Crippen LogP contribution in [0.4, 0.5) is 4.79 Å². The number of esters is 1. The van der Waals surface area contributed by atoms with Crippen LogP contribution in [-0.2, 0) is 37.1 Å². The SMILES string of the molecule is CCCCCCCCC=CCCCCCCCC(=O)NCCC(=O)OCc1ccc(COC(=O)NC(=O)CCCCCCCC=CCCCCCCCC)o1. The van der Waals surface area contributed by atoms with Gasteiger partial charge < -0.3 is 19.2 Å². The van der Waals surface area contributed by atoms with Gasteiger partial charge in [-0.25, -0.2) is 4.79 Å². The third-order valence-electron chi connectivity index (χ3n) is 9.66. The fourth-order valence-electron chi connectivity index (χ4n) is 6.26. The van der Waals surface area contributed by atoms with Gasteiger partial charge in [-0.2, -0.15) is 0 Å². The maximum Gasteiger partial charge on any atom is 0.414 e. The van der Waals surface area contributed by atoms with E-state index >= 15 is 0 Å². The van der Waals surface area contributed by atoms with E-state index in [0.29, 0.717) is 17.9 Å². The molecule has 1 aromatic rings. The molecule has 3 amide bonds. The highest BCUT2D eigenvalue weighted by Crippen LogP contribution is 2.13. The third kappa shape index (κ3) is 33.7. The molecule has 2 N–H and O–H groups in total. The van der Waals surface area contributed by atoms with Crippen LogP contribution in [0.5, 0.6) is 0 Å². The summed E-state index contributed by atoms with van der Waals surface area (Å²) in [6.45, 7) is 4.51. The number of ether oxygens (including phenoxy) is 2. The summed E-state index contributed by atoms with van der Waals surface area (Å²) >= 11 is 0. The van der Waals surface area contributed by atoms with Crippen LogP contribution in [0, 0.1) is 0 Å². The normalized spacial score (nSPS) is 11.4. The second-order valence-corrected chi connectivity index (χ2v) is 14.9. The van der Waals surface area contributed by atoms with Crippen LogP contribution < -0.4 is 10.6 Å². The highest BCUT2D eigenvalue weighted by atomic mass is 16.6. The number of furan rings is 1. The van der Waals surface area contributed by atoms with Crippen LogP contribution >= 0.6 is 0 Å². The van der Waals surface area contributed by atoms with Gasteiger partial charge in [-0.05, 0) is 76.3 Å². The number of hydrogen-bond acceptors (Lipinski definition) is 7. The molecule has 0 saturated heterocycles. The fourth-order valence-corrected chi connectivity index (χ4v) is 6.26. The Morgan fingerprint density at radius 3 is 1.38 bits per heavy atom. The lowest BCUT2D eigenvalue weighted by Gasteiger charge is -2.06. The van der Waals surface area contributed by atoms with Crippen LogP contribution in [0.1, 0.15) is 212 Å². The monoisotopic (exact) mass is 771 g/mol. The Bertz CT molecular complexity index is 1160. The van der Waals surface area contributed by atoms with Crippen molar-refractivity contribution in [3.63, 3.8) is 0 Å². The van der Waals surface area contributed by atoms with Gasteiger partial charge in [0.25, 0.3) is 0 Å². The third-order valence-corrected chi connectivity index (χ3v) is 9.66. The number of carbonyl (C=O) groups is 4. The van der Waals surface area contributed by atoms with Gasteiger partial charge in [-0.1, -0.05) is 141 Å². The van der Waals surface area contributed by atoms with Crippen molar-refractivity contribution in [3.05, 3.63) is 48.0 Å². The van der Waals surface area contributed by atoms with E-state index in [2.05, 4.69) is 48.8 Å². The molecule has 0 unspecified atom stereocenters. The van der Waals surface area contributed by atoms with E-state index in [1.165, 1.54) is 109 Å². The first kappa shape index (κ1) is 49.7. The summed E-state index contributed by atoms with van der Waals surface area (Å²) in [5.74, 6) is -0.0712. The number of hydrogen-bond donors (Lipinski definition) is 2. The first-order valence-corrected chi connectivity index (χ1v) is 22.2. The van der Waals surface area contributed by atoms with E-state index in [0.717, 1.165) is 57.8 Å². The van der Waals surface area contributed by atoms with E-state index < -0.39 is 12.1 Å². The van der Waals surface area contributed by atoms with Gasteiger partial charge in [0.15, 0.2) is 6.61 Å². The predicted molar refractivity (Wildman–Crippen MR) is 223 cm³/mol. The van der Waals surface area contributed by atoms with Crippen LogP contribution in [-0.4, -0.2) is 30.4 Å². The quantitative estimate of drug-likeness (QED) is 0.0392. The first-order valence-electron chi connectivity index (χ1n) is 22.2. The molecule has 0 aromatic carbocycles. The molecule has 1 aromatic heterocycles. The highest BCUT2D eigenvalue weighted by Gasteiger charge is 2.12. The number of unbranched alkanes of at least 4 members (excludes halogenated alkanes) is 22. The second-order valence-electron chi connectivity index (χ2n) is 14.9. The number of amides is 3. The molecule has 0 aliphatic rings. The Morgan fingerprint density at radius 1 is 0.509 bits per heavy atom. The molecule has 1 rings (SSSR count). The average Bonchev–Trinajstić information content (AvgIpc) is 3.64. The molecule has 9 heteroatoms. The van der Waals surface area contributed by atoms with Crippen molar-refractivity contribution in [1.29, 1.82) is 0 Å². The second kappa shape index (κ2) is 37.6. The Labute approximate surface area is 334 Å². The minimum absolute atomic E-state index is 0.0464. The van der Waals surface area contributed by atoms with Crippen molar-refractivity contribution in [2.24, 2.45) is 0 Å². The van der Waals surface area contributed by atoms with Crippen LogP contribution in [0.25, 0.3) is 0 Å². The topological polar surface area (TPSA) is 124 Å². The summed E-state index contributed by atoms with van der Waals surface area (Å²) in [5.41, 5.74) is 0. The number of allylic oxidation sites excluding steroid dienone is 4. The maximum absolute atomic E-state index is 12.1. The molecular formula is C46H78N2O7. The number of alkyl carbamates (subject to hydrolysis) is 1. The fraction of sp³-hybridized carbons (Fsp3) is 0.739. The number of carbonyl (C=O) groups excluding carboxylic acids is 4. The molecule has 1 heterocycles. The summed E-state index contributed by atoms with van der Waals surface area (Å²) in [6.07, 6.45) is 40.5. The zero-order valence-electron chi connectivity index (χ0n) is 34.9. The molecular weight excluding hydrogens is 693 g/mol. The standard InChI is InChI=1S/C46H78N2O7/c1-3-5-7-9-11-13-15-17-19-21-23-25-27-29-31-33-43(49)47-38-37-45(51)53-39-41-35-36-42(55-41)40-54-46(52)48-44(50)34-32-30-28-26-24-22-20-18-16-14-12-10-8-6-4-2/h17-20,35-36H,3-16,21-34,37-40H2,1-2H3,(H,47,49)(H,48,50,52). The van der Waals surface area contributed by atoms with Crippen LogP contribution in [0.2, 0.25) is 0 Å². The highest BCUT2D eigenvalue weighted by molar-refractivity contribution is 5.91. The van der Waals surface area contributed by atoms with Gasteiger partial charge in [-0.3, -0.25) is 19.7 Å². The van der Waals surface area contributed by atoms with Crippen molar-refractivity contribution < 1.29 is 33.1 Å². The van der Waals surface area contributed by atoms with Gasteiger partial charge in [0.1, 0.15) is 18.1 Å². The minimum Gasteiger partial charge on any atom is -0.459 e. The first-order chi connectivity index (χ1) is 26.9. The lowest BCUT2D eigenvalue weighted by molar-refractivity contribution is -0.145. The minimum atomic E-state index is -0.818. The van der Waals surface area contributed by atoms with Crippen molar-refractivity contribution in [2.75, 3.05) is 6.54 Å². The van der Waals surface area contributed by atoms with E-state index in [1.807, 2.05) is 0 Å². The molecule has 0 aliphatic carbocycles. The summed E-state index contributed by atoms with van der Waals surface area (Å²) in [4.78, 5) is 48.4. The molecule has 0 bridgehead atoms. The van der Waals surface area contributed by atoms with Gasteiger partial charge >= 0.3 is 12.1 Å². The van der Waals surface area contributed by atoms with Crippen molar-refractivity contribution >= 4 is 23.9 Å². The van der Waals surface area contributed by atoms with E-state index in [9.17, 15) is 19.2 Å². The molecule has 0 atom stereocenters. The van der Waals surface area contributed by atoms with Crippen LogP contribution in [0.15, 0.2) is 40.9 Å². The molecule has 0 radical (unpaired) electrons. The molecule has 9 nitrogen and oxygen atoms in total. The summed E-state index contributed by atoms with van der Waals surface area (Å²) in [6, 6.07) is 3.26. The Kier molecular flexibility index (Phi) is 33.9. The number of imide groups is 1. The zero-order valence-corrected chi connectivity index (χ0v) is 34.9. The number of nitrogens with one attached hydrogen (secondary N) is 2. The van der Waals surface area contributed by atoms with Crippen molar-refractivity contribution in [3.8, 4) is 0 Å². The largest absolute Gasteiger partial charge is 0.459 e. The molecule has 0 aliphatic heterocycles. The van der Waals surface area contributed by atoms with Gasteiger partial charge in [0, 0.05) is 19.4 Å². The van der Waals surface area contributed by atoms with E-state index in [1.54, 1.807) is 12.1 Å². The lowest BCUT2D eigenvalue weighted by atomic mass is 10.1. The van der Waals surface area contributed by atoms with Gasteiger partial charge in [-0.15, -0.1) is 0 Å². The molecule has 314 valence electrons.